The fourth-order valence-electron chi connectivity index (χ4n) is 3.02. The van der Waals surface area contributed by atoms with Crippen molar-refractivity contribution in [2.45, 2.75) is 23.5 Å². The zero-order chi connectivity index (χ0) is 16.7. The highest BCUT2D eigenvalue weighted by atomic mass is 32.2. The largest absolute Gasteiger partial charge is 0.347 e. The number of benzene rings is 1. The highest BCUT2D eigenvalue weighted by molar-refractivity contribution is 7.98. The minimum Gasteiger partial charge on any atom is -0.347 e. The number of pyridine rings is 1. The molecule has 0 radical (unpaired) electrons. The van der Waals surface area contributed by atoms with Crippen LogP contribution in [0.3, 0.4) is 0 Å². The molecule has 0 spiro atoms. The van der Waals surface area contributed by atoms with Crippen LogP contribution in [0.15, 0.2) is 53.8 Å². The molecule has 122 valence electrons. The molecule has 4 rings (SSSR count). The first-order valence-corrected chi connectivity index (χ1v) is 8.97. The van der Waals surface area contributed by atoms with Gasteiger partial charge in [0.15, 0.2) is 10.9 Å². The van der Waals surface area contributed by atoms with Gasteiger partial charge in [-0.3, -0.25) is 9.20 Å². The Morgan fingerprint density at radius 2 is 2.21 bits per heavy atom. The first-order chi connectivity index (χ1) is 11.7. The molecule has 0 saturated heterocycles. The van der Waals surface area contributed by atoms with Crippen LogP contribution in [0.4, 0.5) is 4.39 Å². The van der Waals surface area contributed by atoms with Gasteiger partial charge in [0.2, 0.25) is 0 Å². The number of carbonyl (C=O) groups excluding carboxylic acids is 1. The van der Waals surface area contributed by atoms with Gasteiger partial charge in [-0.15, -0.1) is 0 Å². The van der Waals surface area contributed by atoms with Crippen LogP contribution in [0.5, 0.6) is 0 Å². The maximum Gasteiger partial charge on any atom is 0.272 e. The van der Waals surface area contributed by atoms with Crippen molar-refractivity contribution in [1.82, 2.24) is 14.7 Å². The second-order valence-corrected chi connectivity index (χ2v) is 6.65. The molecule has 2 heterocycles. The van der Waals surface area contributed by atoms with Crippen molar-refractivity contribution in [3.63, 3.8) is 0 Å². The van der Waals surface area contributed by atoms with Gasteiger partial charge in [-0.1, -0.05) is 30.0 Å². The fraction of sp³-hybridized carbons (Fsp3) is 0.222. The summed E-state index contributed by atoms with van der Waals surface area (Å²) in [6.07, 6.45) is 4.66. The molecule has 1 aromatic carbocycles. The van der Waals surface area contributed by atoms with Crippen LogP contribution < -0.4 is 5.32 Å². The van der Waals surface area contributed by atoms with E-state index >= 15 is 0 Å². The summed E-state index contributed by atoms with van der Waals surface area (Å²) in [7, 11) is 0. The highest BCUT2D eigenvalue weighted by Gasteiger charge is 2.40. The molecule has 1 N–H and O–H groups in total. The van der Waals surface area contributed by atoms with Crippen LogP contribution in [-0.2, 0) is 0 Å². The van der Waals surface area contributed by atoms with Gasteiger partial charge >= 0.3 is 0 Å². The summed E-state index contributed by atoms with van der Waals surface area (Å²) in [5, 5.41) is 3.81. The molecule has 1 amide bonds. The Labute approximate surface area is 143 Å². The number of aromatic nitrogens is 2. The summed E-state index contributed by atoms with van der Waals surface area (Å²) < 4.78 is 15.2. The summed E-state index contributed by atoms with van der Waals surface area (Å²) in [4.78, 5) is 17.1. The number of nitrogens with zero attached hydrogens (tertiary/aromatic N) is 2. The van der Waals surface area contributed by atoms with E-state index in [1.807, 2.05) is 41.1 Å². The van der Waals surface area contributed by atoms with Crippen molar-refractivity contribution in [1.29, 1.82) is 0 Å². The molecule has 0 aliphatic heterocycles. The smallest absolute Gasteiger partial charge is 0.272 e. The molecule has 1 aliphatic rings. The predicted molar refractivity (Wildman–Crippen MR) is 92.0 cm³/mol. The SMILES string of the molecule is CSc1nc(C(=O)N[C@@H]2C[C@H]2c2cccc(F)c2)c2ccccn12. The van der Waals surface area contributed by atoms with Crippen LogP contribution in [0, 0.1) is 5.82 Å². The van der Waals surface area contributed by atoms with Crippen LogP contribution in [0.2, 0.25) is 0 Å². The molecule has 1 aliphatic carbocycles. The minimum absolute atomic E-state index is 0.0393. The Bertz CT molecular complexity index is 924. The van der Waals surface area contributed by atoms with Gasteiger partial charge < -0.3 is 5.32 Å². The van der Waals surface area contributed by atoms with Gasteiger partial charge in [-0.05, 0) is 42.5 Å². The molecule has 3 aromatic rings. The van der Waals surface area contributed by atoms with E-state index in [4.69, 9.17) is 0 Å². The summed E-state index contributed by atoms with van der Waals surface area (Å²) in [5.41, 5.74) is 2.16. The number of carbonyl (C=O) groups is 1. The van der Waals surface area contributed by atoms with E-state index in [9.17, 15) is 9.18 Å². The number of halogens is 1. The number of fused-ring (bicyclic) bond motifs is 1. The van der Waals surface area contributed by atoms with E-state index in [1.165, 1.54) is 23.9 Å². The molecule has 1 saturated carbocycles. The Morgan fingerprint density at radius 3 is 3.00 bits per heavy atom. The normalized spacial score (nSPS) is 19.4. The average molecular weight is 341 g/mol. The van der Waals surface area contributed by atoms with E-state index in [2.05, 4.69) is 10.3 Å². The molecule has 2 aromatic heterocycles. The molecule has 0 unspecified atom stereocenters. The minimum atomic E-state index is -0.241. The first kappa shape index (κ1) is 15.2. The third-order valence-electron chi connectivity index (χ3n) is 4.30. The van der Waals surface area contributed by atoms with Crippen molar-refractivity contribution in [2.24, 2.45) is 0 Å². The number of thioether (sulfide) groups is 1. The quantitative estimate of drug-likeness (QED) is 0.739. The lowest BCUT2D eigenvalue weighted by molar-refractivity contribution is 0.0947. The monoisotopic (exact) mass is 341 g/mol. The van der Waals surface area contributed by atoms with Crippen LogP contribution >= 0.6 is 11.8 Å². The van der Waals surface area contributed by atoms with Crippen LogP contribution in [-0.4, -0.2) is 27.6 Å². The lowest BCUT2D eigenvalue weighted by atomic mass is 10.1. The molecule has 0 bridgehead atoms. The fourth-order valence-corrected chi connectivity index (χ4v) is 3.56. The van der Waals surface area contributed by atoms with E-state index in [-0.39, 0.29) is 23.7 Å². The Morgan fingerprint density at radius 1 is 1.33 bits per heavy atom. The number of hydrogen-bond donors (Lipinski definition) is 1. The van der Waals surface area contributed by atoms with Gasteiger partial charge in [-0.25, -0.2) is 9.37 Å². The highest BCUT2D eigenvalue weighted by Crippen LogP contribution is 2.41. The second kappa shape index (κ2) is 5.94. The van der Waals surface area contributed by atoms with Crippen molar-refractivity contribution in [3.8, 4) is 0 Å². The average Bonchev–Trinajstić information content (AvgIpc) is 3.25. The summed E-state index contributed by atoms with van der Waals surface area (Å²) in [6, 6.07) is 12.3. The maximum atomic E-state index is 13.3. The predicted octanol–water partition coefficient (Wildman–Crippen LogP) is 3.48. The number of amides is 1. The lowest BCUT2D eigenvalue weighted by Gasteiger charge is -2.04. The molecular weight excluding hydrogens is 325 g/mol. The van der Waals surface area contributed by atoms with Crippen LogP contribution in [0.1, 0.15) is 28.4 Å². The first-order valence-electron chi connectivity index (χ1n) is 7.75. The molecular formula is C18H16FN3OS. The Hall–Kier alpha value is -2.34. The summed E-state index contributed by atoms with van der Waals surface area (Å²) >= 11 is 1.50. The number of rotatable bonds is 4. The molecule has 6 heteroatoms. The van der Waals surface area contributed by atoms with Gasteiger partial charge in [0, 0.05) is 18.2 Å². The lowest BCUT2D eigenvalue weighted by Crippen LogP contribution is -2.27. The van der Waals surface area contributed by atoms with Crippen molar-refractivity contribution in [3.05, 3.63) is 65.7 Å². The van der Waals surface area contributed by atoms with E-state index in [0.29, 0.717) is 5.69 Å². The molecule has 2 atom stereocenters. The zero-order valence-electron chi connectivity index (χ0n) is 13.1. The third kappa shape index (κ3) is 2.67. The molecule has 4 nitrogen and oxygen atoms in total. The Balaban J connectivity index is 1.54. The number of nitrogens with one attached hydrogen (secondary N) is 1. The van der Waals surface area contributed by atoms with Crippen molar-refractivity contribution < 1.29 is 9.18 Å². The van der Waals surface area contributed by atoms with Gasteiger partial charge in [0.25, 0.3) is 5.91 Å². The van der Waals surface area contributed by atoms with Crippen molar-refractivity contribution >= 4 is 23.2 Å². The van der Waals surface area contributed by atoms with Crippen LogP contribution in [0.25, 0.3) is 5.52 Å². The van der Waals surface area contributed by atoms with Gasteiger partial charge in [-0.2, -0.15) is 0 Å². The molecule has 1 fully saturated rings. The van der Waals surface area contributed by atoms with E-state index in [0.717, 1.165) is 22.7 Å². The number of imidazole rings is 1. The standard InChI is InChI=1S/C18H16FN3OS/c1-24-18-21-16(15-7-2-3-8-22(15)18)17(23)20-14-10-13(14)11-5-4-6-12(19)9-11/h2-9,13-14H,10H2,1H3,(H,20,23)/t13-,14+/m0/s1. The molecule has 24 heavy (non-hydrogen) atoms. The topological polar surface area (TPSA) is 46.4 Å². The zero-order valence-corrected chi connectivity index (χ0v) is 13.9. The van der Waals surface area contributed by atoms with E-state index in [1.54, 1.807) is 6.07 Å². The van der Waals surface area contributed by atoms with Gasteiger partial charge in [0.1, 0.15) is 5.82 Å². The maximum absolute atomic E-state index is 13.3. The number of hydrogen-bond acceptors (Lipinski definition) is 3. The summed E-state index contributed by atoms with van der Waals surface area (Å²) in [6.45, 7) is 0. The van der Waals surface area contributed by atoms with Gasteiger partial charge in [0.05, 0.1) is 5.52 Å². The second-order valence-electron chi connectivity index (χ2n) is 5.88. The third-order valence-corrected chi connectivity index (χ3v) is 4.95. The summed E-state index contributed by atoms with van der Waals surface area (Å²) in [5.74, 6) is -0.240. The van der Waals surface area contributed by atoms with E-state index < -0.39 is 0 Å². The Kier molecular flexibility index (Phi) is 3.76. The van der Waals surface area contributed by atoms with Crippen molar-refractivity contribution in [2.75, 3.05) is 6.26 Å².